The van der Waals surface area contributed by atoms with Crippen LogP contribution in [-0.4, -0.2) is 20.9 Å². The third-order valence-corrected chi connectivity index (χ3v) is 6.40. The monoisotopic (exact) mass is 480 g/mol. The smallest absolute Gasteiger partial charge is 0.265 e. The van der Waals surface area contributed by atoms with Gasteiger partial charge in [-0.2, -0.15) is 0 Å². The SMILES string of the molecule is CCOc1ccc(Br)cc1S(=O)(=O)Nc1ccc(NC(=O)c2cccs2)cc1. The molecule has 0 aliphatic heterocycles. The summed E-state index contributed by atoms with van der Waals surface area (Å²) in [5.41, 5.74) is 0.940. The summed E-state index contributed by atoms with van der Waals surface area (Å²) in [6.45, 7) is 2.14. The molecule has 0 aliphatic rings. The molecule has 1 aromatic heterocycles. The minimum atomic E-state index is -3.85. The Kier molecular flexibility index (Phi) is 6.38. The maximum Gasteiger partial charge on any atom is 0.265 e. The molecule has 0 bridgehead atoms. The molecule has 0 spiro atoms. The fourth-order valence-electron chi connectivity index (χ4n) is 2.40. The van der Waals surface area contributed by atoms with Crippen molar-refractivity contribution in [2.45, 2.75) is 11.8 Å². The zero-order valence-corrected chi connectivity index (χ0v) is 18.0. The van der Waals surface area contributed by atoms with Crippen LogP contribution in [0.25, 0.3) is 0 Å². The molecule has 28 heavy (non-hydrogen) atoms. The van der Waals surface area contributed by atoms with Crippen LogP contribution in [0.5, 0.6) is 5.75 Å². The van der Waals surface area contributed by atoms with Gasteiger partial charge >= 0.3 is 0 Å². The number of sulfonamides is 1. The van der Waals surface area contributed by atoms with E-state index in [1.807, 2.05) is 5.38 Å². The van der Waals surface area contributed by atoms with Crippen LogP contribution in [-0.2, 0) is 10.0 Å². The van der Waals surface area contributed by atoms with Gasteiger partial charge in [-0.1, -0.05) is 22.0 Å². The average molecular weight is 481 g/mol. The fraction of sp³-hybridized carbons (Fsp3) is 0.105. The maximum absolute atomic E-state index is 12.8. The van der Waals surface area contributed by atoms with Crippen LogP contribution in [0.15, 0.2) is 69.3 Å². The van der Waals surface area contributed by atoms with Gasteiger partial charge < -0.3 is 10.1 Å². The summed E-state index contributed by atoms with van der Waals surface area (Å²) in [5, 5.41) is 4.59. The topological polar surface area (TPSA) is 84.5 Å². The van der Waals surface area contributed by atoms with Gasteiger partial charge in [-0.05, 0) is 60.8 Å². The lowest BCUT2D eigenvalue weighted by Crippen LogP contribution is -2.15. The highest BCUT2D eigenvalue weighted by Crippen LogP contribution is 2.29. The van der Waals surface area contributed by atoms with Crippen molar-refractivity contribution in [3.63, 3.8) is 0 Å². The number of halogens is 1. The Labute approximate surface area is 175 Å². The molecule has 1 amide bonds. The molecule has 0 atom stereocenters. The summed E-state index contributed by atoms with van der Waals surface area (Å²) in [6.07, 6.45) is 0. The molecule has 0 unspecified atom stereocenters. The zero-order chi connectivity index (χ0) is 20.1. The van der Waals surface area contributed by atoms with E-state index in [1.165, 1.54) is 17.4 Å². The molecule has 0 saturated heterocycles. The van der Waals surface area contributed by atoms with Gasteiger partial charge in [-0.3, -0.25) is 9.52 Å². The highest BCUT2D eigenvalue weighted by Gasteiger charge is 2.20. The number of carbonyl (C=O) groups is 1. The molecule has 1 heterocycles. The first-order chi connectivity index (χ1) is 13.4. The number of ether oxygens (including phenoxy) is 1. The lowest BCUT2D eigenvalue weighted by Gasteiger charge is -2.13. The van der Waals surface area contributed by atoms with Crippen molar-refractivity contribution in [3.05, 3.63) is 69.3 Å². The molecule has 2 aromatic carbocycles. The van der Waals surface area contributed by atoms with Gasteiger partial charge in [0.15, 0.2) is 0 Å². The highest BCUT2D eigenvalue weighted by atomic mass is 79.9. The number of thiophene rings is 1. The van der Waals surface area contributed by atoms with Crippen LogP contribution in [0.2, 0.25) is 0 Å². The quantitative estimate of drug-likeness (QED) is 0.500. The van der Waals surface area contributed by atoms with Crippen molar-refractivity contribution in [3.8, 4) is 5.75 Å². The number of hydrogen-bond donors (Lipinski definition) is 2. The maximum atomic E-state index is 12.8. The summed E-state index contributed by atoms with van der Waals surface area (Å²) >= 11 is 4.63. The first-order valence-electron chi connectivity index (χ1n) is 8.29. The Morgan fingerprint density at radius 2 is 1.82 bits per heavy atom. The Hall–Kier alpha value is -2.36. The number of amides is 1. The predicted octanol–water partition coefficient (Wildman–Crippen LogP) is 4.96. The molecular formula is C19H17BrN2O4S2. The van der Waals surface area contributed by atoms with E-state index in [4.69, 9.17) is 4.74 Å². The zero-order valence-electron chi connectivity index (χ0n) is 14.8. The van der Waals surface area contributed by atoms with Crippen molar-refractivity contribution in [2.75, 3.05) is 16.6 Å². The summed E-state index contributed by atoms with van der Waals surface area (Å²) in [6, 6.07) is 14.8. The number of benzene rings is 2. The van der Waals surface area contributed by atoms with Crippen LogP contribution >= 0.6 is 27.3 Å². The van der Waals surface area contributed by atoms with Gasteiger partial charge in [0.1, 0.15) is 10.6 Å². The van der Waals surface area contributed by atoms with Crippen molar-refractivity contribution in [2.24, 2.45) is 0 Å². The Morgan fingerprint density at radius 1 is 1.11 bits per heavy atom. The number of anilines is 2. The molecule has 0 saturated carbocycles. The van der Waals surface area contributed by atoms with Crippen molar-refractivity contribution in [1.82, 2.24) is 0 Å². The number of hydrogen-bond acceptors (Lipinski definition) is 5. The third-order valence-electron chi connectivity index (χ3n) is 3.64. The summed E-state index contributed by atoms with van der Waals surface area (Å²) in [7, 11) is -3.85. The Morgan fingerprint density at radius 3 is 2.46 bits per heavy atom. The van der Waals surface area contributed by atoms with E-state index in [0.29, 0.717) is 27.3 Å². The molecule has 146 valence electrons. The van der Waals surface area contributed by atoms with E-state index in [9.17, 15) is 13.2 Å². The van der Waals surface area contributed by atoms with E-state index >= 15 is 0 Å². The van der Waals surface area contributed by atoms with Crippen molar-refractivity contribution >= 4 is 54.6 Å². The average Bonchev–Trinajstić information content (AvgIpc) is 3.19. The van der Waals surface area contributed by atoms with Crippen LogP contribution in [0, 0.1) is 0 Å². The normalized spacial score (nSPS) is 11.1. The van der Waals surface area contributed by atoms with Crippen LogP contribution in [0.1, 0.15) is 16.6 Å². The van der Waals surface area contributed by atoms with Crippen molar-refractivity contribution in [1.29, 1.82) is 0 Å². The molecule has 3 rings (SSSR count). The molecule has 6 nitrogen and oxygen atoms in total. The molecule has 9 heteroatoms. The van der Waals surface area contributed by atoms with Gasteiger partial charge in [-0.25, -0.2) is 8.42 Å². The van der Waals surface area contributed by atoms with E-state index in [-0.39, 0.29) is 16.6 Å². The fourth-order valence-corrected chi connectivity index (χ4v) is 4.76. The van der Waals surface area contributed by atoms with E-state index in [1.54, 1.807) is 55.5 Å². The van der Waals surface area contributed by atoms with Crippen LogP contribution < -0.4 is 14.8 Å². The second kappa shape index (κ2) is 8.76. The van der Waals surface area contributed by atoms with Crippen molar-refractivity contribution < 1.29 is 17.9 Å². The first kappa shape index (κ1) is 20.4. The van der Waals surface area contributed by atoms with Gasteiger partial charge in [-0.15, -0.1) is 11.3 Å². The molecule has 2 N–H and O–H groups in total. The number of rotatable bonds is 7. The van der Waals surface area contributed by atoms with Gasteiger partial charge in [0, 0.05) is 15.8 Å². The minimum absolute atomic E-state index is 0.0406. The summed E-state index contributed by atoms with van der Waals surface area (Å²) in [5.74, 6) is 0.0665. The molecule has 0 fully saturated rings. The standard InChI is InChI=1S/C19H17BrN2O4S2/c1-2-26-16-10-5-13(20)12-18(16)28(24,25)22-15-8-6-14(7-9-15)21-19(23)17-4-3-11-27-17/h3-12,22H,2H2,1H3,(H,21,23). The van der Waals surface area contributed by atoms with Crippen LogP contribution in [0.3, 0.4) is 0 Å². The second-order valence-electron chi connectivity index (χ2n) is 5.64. The van der Waals surface area contributed by atoms with E-state index in [0.717, 1.165) is 0 Å². The molecule has 0 aliphatic carbocycles. The number of carbonyl (C=O) groups excluding carboxylic acids is 1. The third kappa shape index (κ3) is 4.92. The molecule has 3 aromatic rings. The van der Waals surface area contributed by atoms with Gasteiger partial charge in [0.25, 0.3) is 15.9 Å². The Balaban J connectivity index is 1.76. The second-order valence-corrected chi connectivity index (χ2v) is 9.15. The highest BCUT2D eigenvalue weighted by molar-refractivity contribution is 9.10. The summed E-state index contributed by atoms with van der Waals surface area (Å²) in [4.78, 5) is 12.7. The number of nitrogens with one attached hydrogen (secondary N) is 2. The molecular weight excluding hydrogens is 464 g/mol. The van der Waals surface area contributed by atoms with Crippen LogP contribution in [0.4, 0.5) is 11.4 Å². The largest absolute Gasteiger partial charge is 0.492 e. The lowest BCUT2D eigenvalue weighted by molar-refractivity contribution is 0.103. The van der Waals surface area contributed by atoms with Gasteiger partial charge in [0.05, 0.1) is 11.5 Å². The minimum Gasteiger partial charge on any atom is -0.492 e. The van der Waals surface area contributed by atoms with E-state index < -0.39 is 10.0 Å². The van der Waals surface area contributed by atoms with E-state index in [2.05, 4.69) is 26.0 Å². The van der Waals surface area contributed by atoms with Gasteiger partial charge in [0.2, 0.25) is 0 Å². The first-order valence-corrected chi connectivity index (χ1v) is 11.4. The Bertz CT molecular complexity index is 1070. The predicted molar refractivity (Wildman–Crippen MR) is 115 cm³/mol. The summed E-state index contributed by atoms with van der Waals surface area (Å²) < 4.78 is 34.2. The molecule has 0 radical (unpaired) electrons. The lowest BCUT2D eigenvalue weighted by atomic mass is 10.3.